The highest BCUT2D eigenvalue weighted by Crippen LogP contribution is 2.38. The lowest BCUT2D eigenvalue weighted by Gasteiger charge is -2.17. The first-order chi connectivity index (χ1) is 8.27. The zero-order chi connectivity index (χ0) is 13.9. The van der Waals surface area contributed by atoms with Crippen LogP contribution in [0.25, 0.3) is 0 Å². The molecule has 0 saturated heterocycles. The van der Waals surface area contributed by atoms with Crippen LogP contribution in [-0.4, -0.2) is 11.1 Å². The van der Waals surface area contributed by atoms with Crippen molar-refractivity contribution in [2.45, 2.75) is 26.3 Å². The molecule has 100 valence electrons. The second-order valence-corrected chi connectivity index (χ2v) is 3.58. The molecule has 0 aliphatic heterocycles. The van der Waals surface area contributed by atoms with Crippen LogP contribution in [0.3, 0.4) is 0 Å². The van der Waals surface area contributed by atoms with Crippen molar-refractivity contribution in [3.05, 3.63) is 28.8 Å². The van der Waals surface area contributed by atoms with Crippen molar-refractivity contribution in [1.82, 2.24) is 0 Å². The zero-order valence-electron chi connectivity index (χ0n) is 9.54. The zero-order valence-corrected chi connectivity index (χ0v) is 9.54. The lowest BCUT2D eigenvalue weighted by molar-refractivity contribution is -0.146. The van der Waals surface area contributed by atoms with Crippen LogP contribution in [0.15, 0.2) is 12.1 Å². The standard InChI is InChI=1S/C11H12F3NO3/c1-6(16)18-5-7-2-3-9(17)8(4-15)10(7)11(12,13)14/h2-3,17H,4-5,15H2,1H3. The molecule has 3 N–H and O–H groups in total. The highest BCUT2D eigenvalue weighted by Gasteiger charge is 2.37. The molecule has 0 fully saturated rings. The van der Waals surface area contributed by atoms with E-state index in [1.165, 1.54) is 0 Å². The molecule has 0 aliphatic carbocycles. The molecule has 0 aliphatic rings. The molecular formula is C11H12F3NO3. The average Bonchev–Trinajstić information content (AvgIpc) is 2.25. The summed E-state index contributed by atoms with van der Waals surface area (Å²) in [6.07, 6.45) is -4.68. The summed E-state index contributed by atoms with van der Waals surface area (Å²) in [4.78, 5) is 10.6. The van der Waals surface area contributed by atoms with Crippen molar-refractivity contribution in [1.29, 1.82) is 0 Å². The molecule has 0 bridgehead atoms. The van der Waals surface area contributed by atoms with Gasteiger partial charge < -0.3 is 15.6 Å². The molecule has 4 nitrogen and oxygen atoms in total. The summed E-state index contributed by atoms with van der Waals surface area (Å²) in [6.45, 7) is 0.115. The van der Waals surface area contributed by atoms with Crippen molar-refractivity contribution < 1.29 is 27.8 Å². The maximum absolute atomic E-state index is 12.9. The van der Waals surface area contributed by atoms with Crippen molar-refractivity contribution in [2.75, 3.05) is 0 Å². The number of benzene rings is 1. The van der Waals surface area contributed by atoms with Gasteiger partial charge >= 0.3 is 12.1 Å². The molecule has 7 heteroatoms. The largest absolute Gasteiger partial charge is 0.508 e. The minimum Gasteiger partial charge on any atom is -0.508 e. The molecule has 1 aromatic rings. The van der Waals surface area contributed by atoms with Crippen LogP contribution in [0.5, 0.6) is 5.75 Å². The fourth-order valence-corrected chi connectivity index (χ4v) is 1.54. The first-order valence-corrected chi connectivity index (χ1v) is 5.01. The topological polar surface area (TPSA) is 72.5 Å². The van der Waals surface area contributed by atoms with Gasteiger partial charge in [-0.15, -0.1) is 0 Å². The number of aromatic hydroxyl groups is 1. The minimum atomic E-state index is -4.68. The van der Waals surface area contributed by atoms with Crippen LogP contribution in [0, 0.1) is 0 Å². The number of halogens is 3. The van der Waals surface area contributed by atoms with Gasteiger partial charge in [0.15, 0.2) is 0 Å². The number of phenols is 1. The van der Waals surface area contributed by atoms with E-state index in [-0.39, 0.29) is 5.56 Å². The third-order valence-corrected chi connectivity index (χ3v) is 2.29. The third-order valence-electron chi connectivity index (χ3n) is 2.29. The van der Waals surface area contributed by atoms with E-state index in [9.17, 15) is 23.1 Å². The number of ether oxygens (including phenoxy) is 1. The number of alkyl halides is 3. The summed E-state index contributed by atoms with van der Waals surface area (Å²) in [5, 5.41) is 9.37. The van der Waals surface area contributed by atoms with Crippen molar-refractivity contribution >= 4 is 5.97 Å². The predicted molar refractivity (Wildman–Crippen MR) is 56.5 cm³/mol. The Hall–Kier alpha value is -1.76. The lowest BCUT2D eigenvalue weighted by Crippen LogP contribution is -2.16. The fraction of sp³-hybridized carbons (Fsp3) is 0.364. The van der Waals surface area contributed by atoms with Gasteiger partial charge in [-0.05, 0) is 6.07 Å². The van der Waals surface area contributed by atoms with Gasteiger partial charge in [-0.1, -0.05) is 6.07 Å². The number of nitrogens with two attached hydrogens (primary N) is 1. The van der Waals surface area contributed by atoms with Crippen molar-refractivity contribution in [3.63, 3.8) is 0 Å². The van der Waals surface area contributed by atoms with Crippen LogP contribution in [0.1, 0.15) is 23.6 Å². The quantitative estimate of drug-likeness (QED) is 0.817. The van der Waals surface area contributed by atoms with E-state index in [2.05, 4.69) is 4.74 Å². The summed E-state index contributed by atoms with van der Waals surface area (Å²) < 4.78 is 43.2. The number of hydrogen-bond donors (Lipinski definition) is 2. The van der Waals surface area contributed by atoms with E-state index >= 15 is 0 Å². The van der Waals surface area contributed by atoms with Gasteiger partial charge in [0, 0.05) is 24.6 Å². The molecule has 0 saturated carbocycles. The number of phenolic OH excluding ortho intramolecular Hbond substituents is 1. The summed E-state index contributed by atoms with van der Waals surface area (Å²) in [5.41, 5.74) is 3.51. The monoisotopic (exact) mass is 263 g/mol. The molecule has 0 heterocycles. The lowest BCUT2D eigenvalue weighted by atomic mass is 9.99. The average molecular weight is 263 g/mol. The molecule has 1 rings (SSSR count). The van der Waals surface area contributed by atoms with Gasteiger partial charge in [0.2, 0.25) is 0 Å². The molecule has 1 aromatic carbocycles. The fourth-order valence-electron chi connectivity index (χ4n) is 1.54. The van der Waals surface area contributed by atoms with Crippen LogP contribution in [0.4, 0.5) is 13.2 Å². The van der Waals surface area contributed by atoms with Crippen molar-refractivity contribution in [2.24, 2.45) is 5.73 Å². The van der Waals surface area contributed by atoms with E-state index in [0.717, 1.165) is 19.1 Å². The second kappa shape index (κ2) is 5.26. The Labute approximate surface area is 101 Å². The molecule has 0 aromatic heterocycles. The predicted octanol–water partition coefficient (Wildman–Crippen LogP) is 1.93. The van der Waals surface area contributed by atoms with Crippen LogP contribution in [-0.2, 0) is 28.9 Å². The smallest absolute Gasteiger partial charge is 0.417 e. The summed E-state index contributed by atoms with van der Waals surface area (Å²) in [7, 11) is 0. The maximum atomic E-state index is 12.9. The van der Waals surface area contributed by atoms with E-state index in [1.807, 2.05) is 0 Å². The molecular weight excluding hydrogens is 251 g/mol. The minimum absolute atomic E-state index is 0.240. The summed E-state index contributed by atoms with van der Waals surface area (Å²) >= 11 is 0. The highest BCUT2D eigenvalue weighted by molar-refractivity contribution is 5.66. The van der Waals surface area contributed by atoms with Crippen LogP contribution in [0.2, 0.25) is 0 Å². The van der Waals surface area contributed by atoms with E-state index in [0.29, 0.717) is 0 Å². The molecule has 0 amide bonds. The van der Waals surface area contributed by atoms with Gasteiger partial charge in [0.25, 0.3) is 0 Å². The molecule has 0 spiro atoms. The number of esters is 1. The van der Waals surface area contributed by atoms with Gasteiger partial charge in [-0.3, -0.25) is 4.79 Å². The molecule has 0 unspecified atom stereocenters. The van der Waals surface area contributed by atoms with Gasteiger partial charge in [0.1, 0.15) is 12.4 Å². The Morgan fingerprint density at radius 2 is 2.06 bits per heavy atom. The number of carbonyl (C=O) groups is 1. The first-order valence-electron chi connectivity index (χ1n) is 5.01. The Balaban J connectivity index is 3.29. The highest BCUT2D eigenvalue weighted by atomic mass is 19.4. The number of rotatable bonds is 3. The third kappa shape index (κ3) is 3.13. The Kier molecular flexibility index (Phi) is 4.18. The van der Waals surface area contributed by atoms with Crippen molar-refractivity contribution in [3.8, 4) is 5.75 Å². The van der Waals surface area contributed by atoms with Crippen LogP contribution >= 0.6 is 0 Å². The van der Waals surface area contributed by atoms with E-state index in [1.54, 1.807) is 0 Å². The van der Waals surface area contributed by atoms with Gasteiger partial charge in [0.05, 0.1) is 5.56 Å². The molecule has 18 heavy (non-hydrogen) atoms. The number of carbonyl (C=O) groups excluding carboxylic acids is 1. The number of hydrogen-bond acceptors (Lipinski definition) is 4. The Morgan fingerprint density at radius 1 is 1.44 bits per heavy atom. The van der Waals surface area contributed by atoms with E-state index in [4.69, 9.17) is 5.73 Å². The summed E-state index contributed by atoms with van der Waals surface area (Å²) in [5.74, 6) is -1.22. The van der Waals surface area contributed by atoms with Gasteiger partial charge in [-0.2, -0.15) is 13.2 Å². The Morgan fingerprint density at radius 3 is 2.50 bits per heavy atom. The normalized spacial score (nSPS) is 11.4. The Bertz CT molecular complexity index is 458. The first kappa shape index (κ1) is 14.3. The molecule has 0 atom stereocenters. The van der Waals surface area contributed by atoms with Gasteiger partial charge in [-0.25, -0.2) is 0 Å². The summed E-state index contributed by atoms with van der Waals surface area (Å²) in [6, 6.07) is 2.15. The second-order valence-electron chi connectivity index (χ2n) is 3.58. The van der Waals surface area contributed by atoms with E-state index < -0.39 is 42.2 Å². The van der Waals surface area contributed by atoms with Crippen LogP contribution < -0.4 is 5.73 Å². The SMILES string of the molecule is CC(=O)OCc1ccc(O)c(CN)c1C(F)(F)F. The maximum Gasteiger partial charge on any atom is 0.417 e. The molecule has 0 radical (unpaired) electrons.